The third-order valence-corrected chi connectivity index (χ3v) is 2.74. The smallest absolute Gasteiger partial charge is 0.276 e. The van der Waals surface area contributed by atoms with E-state index >= 15 is 0 Å². The lowest BCUT2D eigenvalue weighted by Gasteiger charge is -2.09. The molecule has 1 heterocycles. The summed E-state index contributed by atoms with van der Waals surface area (Å²) in [6.07, 6.45) is 0. The third-order valence-electron chi connectivity index (χ3n) is 2.50. The number of nitrogens with two attached hydrogens (primary N) is 1. The second kappa shape index (κ2) is 5.11. The Labute approximate surface area is 114 Å². The van der Waals surface area contributed by atoms with Crippen LogP contribution < -0.4 is 11.1 Å². The average molecular weight is 279 g/mol. The van der Waals surface area contributed by atoms with E-state index in [0.717, 1.165) is 11.3 Å². The van der Waals surface area contributed by atoms with Crippen molar-refractivity contribution in [1.82, 2.24) is 4.98 Å². The van der Waals surface area contributed by atoms with Crippen molar-refractivity contribution in [3.05, 3.63) is 51.0 Å². The van der Waals surface area contributed by atoms with Crippen molar-refractivity contribution in [3.8, 4) is 0 Å². The lowest BCUT2D eigenvalue weighted by molar-refractivity contribution is -0.384. The van der Waals surface area contributed by atoms with Crippen LogP contribution in [0, 0.1) is 17.0 Å². The molecule has 0 unspecified atom stereocenters. The predicted octanol–water partition coefficient (Wildman–Crippen LogP) is 3.28. The van der Waals surface area contributed by atoms with Gasteiger partial charge in [0.15, 0.2) is 0 Å². The molecule has 3 N–H and O–H groups in total. The van der Waals surface area contributed by atoms with E-state index in [1.807, 2.05) is 13.0 Å². The summed E-state index contributed by atoms with van der Waals surface area (Å²) in [6.45, 7) is 1.89. The normalized spacial score (nSPS) is 10.2. The van der Waals surface area contributed by atoms with Crippen molar-refractivity contribution in [2.45, 2.75) is 6.92 Å². The van der Waals surface area contributed by atoms with Crippen LogP contribution in [0.15, 0.2) is 30.3 Å². The number of aryl methyl sites for hydroxylation is 1. The molecule has 2 rings (SSSR count). The molecule has 0 fully saturated rings. The van der Waals surface area contributed by atoms with Crippen molar-refractivity contribution >= 4 is 34.6 Å². The van der Waals surface area contributed by atoms with Crippen molar-refractivity contribution in [2.75, 3.05) is 11.1 Å². The minimum absolute atomic E-state index is 0.0800. The summed E-state index contributed by atoms with van der Waals surface area (Å²) in [5.74, 6) is 0.383. The fourth-order valence-electron chi connectivity index (χ4n) is 1.57. The van der Waals surface area contributed by atoms with Gasteiger partial charge in [-0.05, 0) is 24.6 Å². The van der Waals surface area contributed by atoms with Gasteiger partial charge in [-0.15, -0.1) is 0 Å². The van der Waals surface area contributed by atoms with Gasteiger partial charge in [0.05, 0.1) is 17.1 Å². The van der Waals surface area contributed by atoms with Gasteiger partial charge in [-0.25, -0.2) is 4.98 Å². The second-order valence-corrected chi connectivity index (χ2v) is 4.41. The Hall–Kier alpha value is -2.34. The molecule has 0 saturated carbocycles. The van der Waals surface area contributed by atoms with Crippen LogP contribution in [0.3, 0.4) is 0 Å². The molecule has 6 nitrogen and oxygen atoms in total. The minimum Gasteiger partial charge on any atom is -0.383 e. The quantitative estimate of drug-likeness (QED) is 0.664. The highest BCUT2D eigenvalue weighted by Gasteiger charge is 2.10. The van der Waals surface area contributed by atoms with Gasteiger partial charge in [0.1, 0.15) is 11.6 Å². The van der Waals surface area contributed by atoms with E-state index in [4.69, 9.17) is 17.3 Å². The van der Waals surface area contributed by atoms with Crippen molar-refractivity contribution < 1.29 is 4.92 Å². The Morgan fingerprint density at radius 2 is 2.11 bits per heavy atom. The van der Waals surface area contributed by atoms with E-state index in [0.29, 0.717) is 10.8 Å². The van der Waals surface area contributed by atoms with Gasteiger partial charge >= 0.3 is 0 Å². The average Bonchev–Trinajstić information content (AvgIpc) is 2.33. The fourth-order valence-corrected chi connectivity index (χ4v) is 1.75. The molecule has 19 heavy (non-hydrogen) atoms. The molecule has 0 atom stereocenters. The molecule has 0 saturated heterocycles. The second-order valence-electron chi connectivity index (χ2n) is 3.98. The zero-order valence-electron chi connectivity index (χ0n) is 10.1. The summed E-state index contributed by atoms with van der Waals surface area (Å²) in [4.78, 5) is 14.2. The van der Waals surface area contributed by atoms with E-state index in [-0.39, 0.29) is 11.5 Å². The van der Waals surface area contributed by atoms with Gasteiger partial charge in [0, 0.05) is 10.7 Å². The summed E-state index contributed by atoms with van der Waals surface area (Å²) in [6, 6.07) is 7.84. The van der Waals surface area contributed by atoms with E-state index in [1.165, 1.54) is 12.1 Å². The number of nitrogens with zero attached hydrogens (tertiary/aromatic N) is 2. The highest BCUT2D eigenvalue weighted by Crippen LogP contribution is 2.26. The maximum Gasteiger partial charge on any atom is 0.276 e. The number of hydrogen-bond donors (Lipinski definition) is 2. The highest BCUT2D eigenvalue weighted by molar-refractivity contribution is 6.30. The Morgan fingerprint density at radius 3 is 2.79 bits per heavy atom. The summed E-state index contributed by atoms with van der Waals surface area (Å²) >= 11 is 5.90. The number of nitro groups is 1. The monoisotopic (exact) mass is 278 g/mol. The first kappa shape index (κ1) is 13.1. The molecular weight excluding hydrogens is 268 g/mol. The number of nitrogen functional groups attached to an aromatic ring is 1. The van der Waals surface area contributed by atoms with Crippen molar-refractivity contribution in [3.63, 3.8) is 0 Å². The molecule has 7 heteroatoms. The van der Waals surface area contributed by atoms with Gasteiger partial charge in [-0.2, -0.15) is 0 Å². The largest absolute Gasteiger partial charge is 0.383 e. The van der Waals surface area contributed by atoms with Gasteiger partial charge in [0.2, 0.25) is 0 Å². The van der Waals surface area contributed by atoms with Crippen LogP contribution in [0.25, 0.3) is 0 Å². The van der Waals surface area contributed by atoms with Crippen LogP contribution in [-0.2, 0) is 0 Å². The minimum atomic E-state index is -0.520. The first-order valence-electron chi connectivity index (χ1n) is 5.41. The van der Waals surface area contributed by atoms with Gasteiger partial charge in [-0.1, -0.05) is 17.7 Å². The van der Waals surface area contributed by atoms with Gasteiger partial charge in [0.25, 0.3) is 5.69 Å². The molecule has 0 bridgehead atoms. The number of halogens is 1. The molecule has 0 aliphatic heterocycles. The van der Waals surface area contributed by atoms with E-state index in [2.05, 4.69) is 10.3 Å². The molecule has 0 radical (unpaired) electrons. The van der Waals surface area contributed by atoms with Crippen LogP contribution >= 0.6 is 11.6 Å². The van der Waals surface area contributed by atoms with Crippen LogP contribution in [-0.4, -0.2) is 9.91 Å². The first-order valence-corrected chi connectivity index (χ1v) is 5.78. The fraction of sp³-hybridized carbons (Fsp3) is 0.0833. The predicted molar refractivity (Wildman–Crippen MR) is 74.8 cm³/mol. The van der Waals surface area contributed by atoms with Gasteiger partial charge in [-0.3, -0.25) is 10.1 Å². The molecule has 0 spiro atoms. The molecular formula is C12H11ClN4O2. The zero-order valence-corrected chi connectivity index (χ0v) is 10.8. The maximum absolute atomic E-state index is 10.8. The molecule has 0 aliphatic carbocycles. The van der Waals surface area contributed by atoms with E-state index in [9.17, 15) is 10.1 Å². The Balaban J connectivity index is 2.38. The number of pyridine rings is 1. The molecule has 0 aliphatic rings. The number of anilines is 3. The summed E-state index contributed by atoms with van der Waals surface area (Å²) in [7, 11) is 0. The molecule has 1 aromatic heterocycles. The standard InChI is InChI=1S/C12H11ClN4O2/c1-7-2-3-8(13)4-10(7)15-12-6-9(17(18)19)5-11(14)16-12/h2-6H,1H3,(H3,14,15,16). The Kier molecular flexibility index (Phi) is 3.52. The molecule has 98 valence electrons. The summed E-state index contributed by atoms with van der Waals surface area (Å²) in [5.41, 5.74) is 7.08. The number of benzene rings is 1. The van der Waals surface area contributed by atoms with Crippen LogP contribution in [0.5, 0.6) is 0 Å². The number of rotatable bonds is 3. The van der Waals surface area contributed by atoms with Crippen LogP contribution in [0.2, 0.25) is 5.02 Å². The van der Waals surface area contributed by atoms with Crippen LogP contribution in [0.1, 0.15) is 5.56 Å². The van der Waals surface area contributed by atoms with E-state index < -0.39 is 4.92 Å². The maximum atomic E-state index is 10.8. The highest BCUT2D eigenvalue weighted by atomic mass is 35.5. The summed E-state index contributed by atoms with van der Waals surface area (Å²) in [5, 5.41) is 14.3. The molecule has 1 aromatic carbocycles. The van der Waals surface area contributed by atoms with Crippen molar-refractivity contribution in [2.24, 2.45) is 0 Å². The lowest BCUT2D eigenvalue weighted by atomic mass is 10.2. The summed E-state index contributed by atoms with van der Waals surface area (Å²) < 4.78 is 0. The van der Waals surface area contributed by atoms with Gasteiger partial charge < -0.3 is 11.1 Å². The van der Waals surface area contributed by atoms with Crippen molar-refractivity contribution in [1.29, 1.82) is 0 Å². The number of nitrogens with one attached hydrogen (secondary N) is 1. The lowest BCUT2D eigenvalue weighted by Crippen LogP contribution is -2.00. The first-order chi connectivity index (χ1) is 8.95. The molecule has 0 amide bonds. The number of aromatic nitrogens is 1. The van der Waals surface area contributed by atoms with E-state index in [1.54, 1.807) is 12.1 Å². The SMILES string of the molecule is Cc1ccc(Cl)cc1Nc1cc([N+](=O)[O-])cc(N)n1. The third kappa shape index (κ3) is 3.11. The number of hydrogen-bond acceptors (Lipinski definition) is 5. The Morgan fingerprint density at radius 1 is 1.37 bits per heavy atom. The topological polar surface area (TPSA) is 94.1 Å². The Bertz CT molecular complexity index is 646. The van der Waals surface area contributed by atoms with Crippen LogP contribution in [0.4, 0.5) is 23.0 Å². The zero-order chi connectivity index (χ0) is 14.0. The molecule has 2 aromatic rings.